The quantitative estimate of drug-likeness (QED) is 0.627. The summed E-state index contributed by atoms with van der Waals surface area (Å²) in [5, 5.41) is 12.1. The molecular formula is C9H19NO3. The predicted octanol–water partition coefficient (Wildman–Crippen LogP) is -0.238. The summed E-state index contributed by atoms with van der Waals surface area (Å²) in [5.74, 6) is 0. The van der Waals surface area contributed by atoms with Crippen molar-refractivity contribution in [3.63, 3.8) is 0 Å². The lowest BCUT2D eigenvalue weighted by molar-refractivity contribution is -0.00488. The van der Waals surface area contributed by atoms with Gasteiger partial charge in [-0.05, 0) is 20.4 Å². The smallest absolute Gasteiger partial charge is 0.0831 e. The molecule has 0 bridgehead atoms. The van der Waals surface area contributed by atoms with Crippen LogP contribution in [-0.4, -0.2) is 50.2 Å². The Hall–Kier alpha value is -0.160. The fraction of sp³-hybridized carbons (Fsp3) is 1.00. The average Bonchev–Trinajstić information content (AvgIpc) is 2.67. The Morgan fingerprint density at radius 3 is 2.92 bits per heavy atom. The Morgan fingerprint density at radius 1 is 1.69 bits per heavy atom. The van der Waals surface area contributed by atoms with E-state index >= 15 is 0 Å². The van der Waals surface area contributed by atoms with Crippen LogP contribution in [0.1, 0.15) is 13.3 Å². The lowest BCUT2D eigenvalue weighted by Gasteiger charge is -2.27. The second kappa shape index (κ2) is 4.91. The highest BCUT2D eigenvalue weighted by molar-refractivity contribution is 4.81. The minimum atomic E-state index is -0.331. The number of hydrogen-bond donors (Lipinski definition) is 2. The first-order valence-electron chi connectivity index (χ1n) is 4.69. The van der Waals surface area contributed by atoms with Gasteiger partial charge in [0.2, 0.25) is 0 Å². The fourth-order valence-corrected chi connectivity index (χ4v) is 1.14. The average molecular weight is 189 g/mol. The number of rotatable bonds is 5. The van der Waals surface area contributed by atoms with Crippen molar-refractivity contribution in [2.75, 3.05) is 33.5 Å². The van der Waals surface area contributed by atoms with Crippen LogP contribution < -0.4 is 5.32 Å². The number of nitrogens with one attached hydrogen (secondary N) is 1. The Morgan fingerprint density at radius 2 is 2.46 bits per heavy atom. The number of ether oxygens (including phenoxy) is 2. The highest BCUT2D eigenvalue weighted by Crippen LogP contribution is 2.11. The van der Waals surface area contributed by atoms with E-state index in [1.807, 2.05) is 14.0 Å². The van der Waals surface area contributed by atoms with Crippen molar-refractivity contribution < 1.29 is 14.6 Å². The van der Waals surface area contributed by atoms with Gasteiger partial charge in [-0.25, -0.2) is 0 Å². The van der Waals surface area contributed by atoms with E-state index in [4.69, 9.17) is 14.6 Å². The van der Waals surface area contributed by atoms with Crippen LogP contribution in [0.5, 0.6) is 0 Å². The van der Waals surface area contributed by atoms with Crippen LogP contribution in [-0.2, 0) is 9.47 Å². The van der Waals surface area contributed by atoms with Crippen molar-refractivity contribution in [2.45, 2.75) is 25.0 Å². The van der Waals surface area contributed by atoms with E-state index in [0.29, 0.717) is 13.2 Å². The molecule has 1 fully saturated rings. The molecule has 0 amide bonds. The van der Waals surface area contributed by atoms with Gasteiger partial charge in [-0.3, -0.25) is 0 Å². The highest BCUT2D eigenvalue weighted by atomic mass is 16.5. The summed E-state index contributed by atoms with van der Waals surface area (Å²) in [6, 6.07) is 0. The molecule has 2 unspecified atom stereocenters. The predicted molar refractivity (Wildman–Crippen MR) is 49.7 cm³/mol. The Labute approximate surface area is 79.2 Å². The van der Waals surface area contributed by atoms with Crippen molar-refractivity contribution in [1.82, 2.24) is 5.32 Å². The standard InChI is InChI=1S/C9H19NO3/c1-9(6-11,10-2)7-13-8-3-4-12-5-8/h8,10-11H,3-7H2,1-2H3. The number of aliphatic hydroxyl groups is 1. The first-order valence-corrected chi connectivity index (χ1v) is 4.69. The maximum Gasteiger partial charge on any atom is 0.0831 e. The van der Waals surface area contributed by atoms with Crippen molar-refractivity contribution in [3.05, 3.63) is 0 Å². The van der Waals surface area contributed by atoms with E-state index in [1.54, 1.807) is 0 Å². The zero-order valence-corrected chi connectivity index (χ0v) is 8.38. The number of hydrogen-bond acceptors (Lipinski definition) is 4. The van der Waals surface area contributed by atoms with Crippen molar-refractivity contribution in [2.24, 2.45) is 0 Å². The van der Waals surface area contributed by atoms with Gasteiger partial charge in [-0.1, -0.05) is 0 Å². The monoisotopic (exact) mass is 189 g/mol. The third-order valence-electron chi connectivity index (χ3n) is 2.48. The topological polar surface area (TPSA) is 50.7 Å². The maximum atomic E-state index is 9.09. The molecule has 13 heavy (non-hydrogen) atoms. The molecule has 1 aliphatic rings. The third kappa shape index (κ3) is 3.23. The molecule has 2 atom stereocenters. The molecule has 78 valence electrons. The zero-order valence-electron chi connectivity index (χ0n) is 8.38. The van der Waals surface area contributed by atoms with Crippen LogP contribution in [0, 0.1) is 0 Å². The largest absolute Gasteiger partial charge is 0.394 e. The summed E-state index contributed by atoms with van der Waals surface area (Å²) in [6.45, 7) is 4.01. The molecule has 1 saturated heterocycles. The maximum absolute atomic E-state index is 9.09. The van der Waals surface area contributed by atoms with Crippen LogP contribution >= 0.6 is 0 Å². The first kappa shape index (κ1) is 10.9. The molecule has 0 aromatic rings. The van der Waals surface area contributed by atoms with Gasteiger partial charge < -0.3 is 19.9 Å². The normalized spacial score (nSPS) is 27.5. The molecule has 0 aromatic heterocycles. The third-order valence-corrected chi connectivity index (χ3v) is 2.48. The molecular weight excluding hydrogens is 170 g/mol. The Bertz CT molecular complexity index is 142. The molecule has 0 spiro atoms. The molecule has 0 saturated carbocycles. The number of aliphatic hydroxyl groups excluding tert-OH is 1. The SMILES string of the molecule is CNC(C)(CO)COC1CCOC1. The van der Waals surface area contributed by atoms with Gasteiger partial charge in [0, 0.05) is 6.61 Å². The van der Waals surface area contributed by atoms with Gasteiger partial charge >= 0.3 is 0 Å². The van der Waals surface area contributed by atoms with Crippen LogP contribution in [0.25, 0.3) is 0 Å². The summed E-state index contributed by atoms with van der Waals surface area (Å²) < 4.78 is 10.8. The van der Waals surface area contributed by atoms with Gasteiger partial charge in [0.15, 0.2) is 0 Å². The molecule has 4 nitrogen and oxygen atoms in total. The van der Waals surface area contributed by atoms with Crippen molar-refractivity contribution in [3.8, 4) is 0 Å². The molecule has 0 radical (unpaired) electrons. The van der Waals surface area contributed by atoms with Crippen LogP contribution in [0.4, 0.5) is 0 Å². The van der Waals surface area contributed by atoms with Gasteiger partial charge in [0.05, 0.1) is 31.5 Å². The Balaban J connectivity index is 2.22. The minimum absolute atomic E-state index is 0.0804. The van der Waals surface area contributed by atoms with Crippen LogP contribution in [0.2, 0.25) is 0 Å². The van der Waals surface area contributed by atoms with Crippen LogP contribution in [0.15, 0.2) is 0 Å². The summed E-state index contributed by atoms with van der Waals surface area (Å²) in [6.07, 6.45) is 1.17. The molecule has 0 aromatic carbocycles. The van der Waals surface area contributed by atoms with E-state index in [2.05, 4.69) is 5.32 Å². The van der Waals surface area contributed by atoms with Crippen molar-refractivity contribution >= 4 is 0 Å². The minimum Gasteiger partial charge on any atom is -0.394 e. The summed E-state index contributed by atoms with van der Waals surface area (Å²) in [5.41, 5.74) is -0.331. The van der Waals surface area contributed by atoms with Gasteiger partial charge in [0.25, 0.3) is 0 Å². The Kier molecular flexibility index (Phi) is 4.12. The number of likely N-dealkylation sites (N-methyl/N-ethyl adjacent to an activating group) is 1. The highest BCUT2D eigenvalue weighted by Gasteiger charge is 2.24. The molecule has 0 aliphatic carbocycles. The molecule has 2 N–H and O–H groups in total. The lowest BCUT2D eigenvalue weighted by Crippen LogP contribution is -2.48. The van der Waals surface area contributed by atoms with E-state index in [0.717, 1.165) is 13.0 Å². The van der Waals surface area contributed by atoms with E-state index in [9.17, 15) is 0 Å². The molecule has 1 aliphatic heterocycles. The van der Waals surface area contributed by atoms with Crippen molar-refractivity contribution in [1.29, 1.82) is 0 Å². The summed E-state index contributed by atoms with van der Waals surface area (Å²) in [4.78, 5) is 0. The van der Waals surface area contributed by atoms with Gasteiger partial charge in [-0.2, -0.15) is 0 Å². The second-order valence-corrected chi connectivity index (χ2v) is 3.77. The molecule has 1 heterocycles. The van der Waals surface area contributed by atoms with Gasteiger partial charge in [0.1, 0.15) is 0 Å². The molecule has 1 rings (SSSR count). The molecule has 4 heteroatoms. The fourth-order valence-electron chi connectivity index (χ4n) is 1.14. The summed E-state index contributed by atoms with van der Waals surface area (Å²) in [7, 11) is 1.82. The second-order valence-electron chi connectivity index (χ2n) is 3.77. The first-order chi connectivity index (χ1) is 6.20. The van der Waals surface area contributed by atoms with Crippen LogP contribution in [0.3, 0.4) is 0 Å². The zero-order chi connectivity index (χ0) is 9.73. The lowest BCUT2D eigenvalue weighted by atomic mass is 10.1. The van der Waals surface area contributed by atoms with Gasteiger partial charge in [-0.15, -0.1) is 0 Å². The summed E-state index contributed by atoms with van der Waals surface area (Å²) >= 11 is 0. The van der Waals surface area contributed by atoms with E-state index in [1.165, 1.54) is 0 Å². The van der Waals surface area contributed by atoms with E-state index in [-0.39, 0.29) is 18.2 Å². The van der Waals surface area contributed by atoms with E-state index < -0.39 is 0 Å².